The molecule has 0 aromatic rings. The van der Waals surface area contributed by atoms with Crippen molar-refractivity contribution in [3.63, 3.8) is 0 Å². The van der Waals surface area contributed by atoms with Crippen molar-refractivity contribution in [2.24, 2.45) is 16.5 Å². The molecule has 0 aromatic heterocycles. The third-order valence-electron chi connectivity index (χ3n) is 3.61. The monoisotopic (exact) mass is 312 g/mol. The maximum absolute atomic E-state index is 12.1. The van der Waals surface area contributed by atoms with E-state index in [0.717, 1.165) is 32.1 Å². The molecule has 126 valence electrons. The SMILES string of the molecule is NC(N)=NCCC[C@@H](C=O)NNC1CCCCNCCC1=O. The molecule has 1 aliphatic heterocycles. The predicted octanol–water partition coefficient (Wildman–Crippen LogP) is -1.20. The number of hydrogen-bond donors (Lipinski definition) is 5. The second-order valence-corrected chi connectivity index (χ2v) is 5.49. The van der Waals surface area contributed by atoms with E-state index in [1.54, 1.807) is 0 Å². The number of carbonyl (C=O) groups is 2. The van der Waals surface area contributed by atoms with E-state index in [-0.39, 0.29) is 23.8 Å². The number of hydrogen-bond acceptors (Lipinski definition) is 6. The molecule has 0 aliphatic carbocycles. The zero-order valence-corrected chi connectivity index (χ0v) is 13.0. The number of carbonyl (C=O) groups excluding carboxylic acids is 2. The third kappa shape index (κ3) is 8.06. The second-order valence-electron chi connectivity index (χ2n) is 5.49. The smallest absolute Gasteiger partial charge is 0.185 e. The Labute approximate surface area is 131 Å². The van der Waals surface area contributed by atoms with E-state index < -0.39 is 0 Å². The molecule has 22 heavy (non-hydrogen) atoms. The van der Waals surface area contributed by atoms with E-state index >= 15 is 0 Å². The number of Topliss-reactive ketones (excluding diaryl/α,β-unsaturated/α-hetero) is 1. The first-order valence-electron chi connectivity index (χ1n) is 7.88. The van der Waals surface area contributed by atoms with Crippen LogP contribution in [0.1, 0.15) is 38.5 Å². The summed E-state index contributed by atoms with van der Waals surface area (Å²) < 4.78 is 0. The first-order chi connectivity index (χ1) is 10.6. The second kappa shape index (κ2) is 11.1. The number of aliphatic imine (C=N–C) groups is 1. The maximum atomic E-state index is 12.1. The van der Waals surface area contributed by atoms with Crippen molar-refractivity contribution in [2.75, 3.05) is 19.6 Å². The van der Waals surface area contributed by atoms with Crippen molar-refractivity contribution in [2.45, 2.75) is 50.6 Å². The normalized spacial score (nSPS) is 21.3. The Bertz CT molecular complexity index is 370. The summed E-state index contributed by atoms with van der Waals surface area (Å²) in [7, 11) is 0. The minimum Gasteiger partial charge on any atom is -0.370 e. The Balaban J connectivity index is 2.34. The molecule has 0 saturated carbocycles. The third-order valence-corrected chi connectivity index (χ3v) is 3.61. The Morgan fingerprint density at radius 3 is 2.95 bits per heavy atom. The van der Waals surface area contributed by atoms with Crippen molar-refractivity contribution in [1.82, 2.24) is 16.2 Å². The van der Waals surface area contributed by atoms with Crippen molar-refractivity contribution in [3.05, 3.63) is 0 Å². The largest absolute Gasteiger partial charge is 0.370 e. The summed E-state index contributed by atoms with van der Waals surface area (Å²) in [4.78, 5) is 27.0. The number of nitrogens with two attached hydrogens (primary N) is 2. The summed E-state index contributed by atoms with van der Waals surface area (Å²) in [5.74, 6) is 0.227. The molecule has 1 heterocycles. The number of nitrogens with one attached hydrogen (secondary N) is 3. The predicted molar refractivity (Wildman–Crippen MR) is 86.2 cm³/mol. The number of rotatable bonds is 8. The van der Waals surface area contributed by atoms with Crippen molar-refractivity contribution in [1.29, 1.82) is 0 Å². The fourth-order valence-corrected chi connectivity index (χ4v) is 2.32. The zero-order valence-electron chi connectivity index (χ0n) is 13.0. The Hall–Kier alpha value is -1.51. The van der Waals surface area contributed by atoms with Crippen LogP contribution in [0, 0.1) is 0 Å². The highest BCUT2D eigenvalue weighted by Gasteiger charge is 2.19. The summed E-state index contributed by atoms with van der Waals surface area (Å²) in [6.45, 7) is 2.16. The fraction of sp³-hybridized carbons (Fsp3) is 0.786. The van der Waals surface area contributed by atoms with Gasteiger partial charge in [-0.15, -0.1) is 0 Å². The molecule has 0 spiro atoms. The zero-order chi connectivity index (χ0) is 16.2. The van der Waals surface area contributed by atoms with Crippen LogP contribution in [0.3, 0.4) is 0 Å². The van der Waals surface area contributed by atoms with E-state index in [9.17, 15) is 9.59 Å². The van der Waals surface area contributed by atoms with Gasteiger partial charge in [-0.05, 0) is 32.2 Å². The molecule has 1 rings (SSSR count). The number of ketones is 1. The van der Waals surface area contributed by atoms with Gasteiger partial charge in [0.2, 0.25) is 0 Å². The lowest BCUT2D eigenvalue weighted by Gasteiger charge is -2.20. The van der Waals surface area contributed by atoms with Gasteiger partial charge < -0.3 is 21.6 Å². The Kier molecular flexibility index (Phi) is 9.36. The first-order valence-corrected chi connectivity index (χ1v) is 7.88. The van der Waals surface area contributed by atoms with Crippen LogP contribution in [0.15, 0.2) is 4.99 Å². The van der Waals surface area contributed by atoms with Gasteiger partial charge in [-0.3, -0.25) is 9.79 Å². The summed E-state index contributed by atoms with van der Waals surface area (Å²) in [5.41, 5.74) is 16.5. The number of nitrogens with zero attached hydrogens (tertiary/aromatic N) is 1. The molecule has 0 bridgehead atoms. The molecule has 8 heteroatoms. The molecule has 0 radical (unpaired) electrons. The van der Waals surface area contributed by atoms with Crippen molar-refractivity contribution >= 4 is 18.0 Å². The van der Waals surface area contributed by atoms with Gasteiger partial charge in [-0.1, -0.05) is 6.42 Å². The highest BCUT2D eigenvalue weighted by atomic mass is 16.1. The van der Waals surface area contributed by atoms with Gasteiger partial charge in [-0.2, -0.15) is 0 Å². The van der Waals surface area contributed by atoms with Crippen molar-refractivity contribution < 1.29 is 9.59 Å². The molecule has 1 saturated heterocycles. The molecule has 1 aliphatic rings. The van der Waals surface area contributed by atoms with Crippen LogP contribution < -0.4 is 27.6 Å². The average Bonchev–Trinajstić information content (AvgIpc) is 2.59. The van der Waals surface area contributed by atoms with E-state index in [0.29, 0.717) is 32.4 Å². The van der Waals surface area contributed by atoms with Crippen LogP contribution in [0.25, 0.3) is 0 Å². The molecule has 1 unspecified atom stereocenters. The standard InChI is InChI=1S/C14H28N6O2/c15-14(16)18-8-3-4-11(10-21)19-20-12-5-1-2-7-17-9-6-13(12)22/h10-12,17,19-20H,1-9H2,(H4,15,16,18)/t11-,12?/m0/s1. The Morgan fingerprint density at radius 2 is 2.23 bits per heavy atom. The number of hydrazine groups is 1. The molecular formula is C14H28N6O2. The lowest BCUT2D eigenvalue weighted by Crippen LogP contribution is -2.50. The van der Waals surface area contributed by atoms with E-state index in [4.69, 9.17) is 11.5 Å². The summed E-state index contributed by atoms with van der Waals surface area (Å²) >= 11 is 0. The molecule has 0 amide bonds. The molecule has 7 N–H and O–H groups in total. The number of aldehydes is 1. The highest BCUT2D eigenvalue weighted by molar-refractivity contribution is 5.84. The lowest BCUT2D eigenvalue weighted by molar-refractivity contribution is -0.121. The van der Waals surface area contributed by atoms with Gasteiger partial charge in [0, 0.05) is 19.5 Å². The van der Waals surface area contributed by atoms with Gasteiger partial charge in [0.25, 0.3) is 0 Å². The minimum absolute atomic E-state index is 0.0542. The van der Waals surface area contributed by atoms with Crippen LogP contribution in [0.2, 0.25) is 0 Å². The van der Waals surface area contributed by atoms with Crippen molar-refractivity contribution in [3.8, 4) is 0 Å². The Morgan fingerprint density at radius 1 is 1.41 bits per heavy atom. The highest BCUT2D eigenvalue weighted by Crippen LogP contribution is 2.06. The molecule has 0 aromatic carbocycles. The maximum Gasteiger partial charge on any atom is 0.185 e. The summed E-state index contributed by atoms with van der Waals surface area (Å²) in [5, 5.41) is 3.24. The molecule has 2 atom stereocenters. The molecule has 1 fully saturated rings. The molecule has 8 nitrogen and oxygen atoms in total. The van der Waals surface area contributed by atoms with Gasteiger partial charge in [-0.25, -0.2) is 10.9 Å². The van der Waals surface area contributed by atoms with E-state index in [1.165, 1.54) is 0 Å². The van der Waals surface area contributed by atoms with Crippen LogP contribution in [0.4, 0.5) is 0 Å². The van der Waals surface area contributed by atoms with E-state index in [2.05, 4.69) is 21.2 Å². The fourth-order valence-electron chi connectivity index (χ4n) is 2.32. The van der Waals surface area contributed by atoms with Gasteiger partial charge in [0.05, 0.1) is 12.1 Å². The van der Waals surface area contributed by atoms with Crippen LogP contribution >= 0.6 is 0 Å². The van der Waals surface area contributed by atoms with Crippen LogP contribution in [0.5, 0.6) is 0 Å². The summed E-state index contributed by atoms with van der Waals surface area (Å²) in [6.07, 6.45) is 5.47. The lowest BCUT2D eigenvalue weighted by atomic mass is 10.0. The summed E-state index contributed by atoms with van der Waals surface area (Å²) in [6, 6.07) is -0.590. The average molecular weight is 312 g/mol. The van der Waals surface area contributed by atoms with E-state index in [1.807, 2.05) is 0 Å². The van der Waals surface area contributed by atoms with Crippen LogP contribution in [-0.2, 0) is 9.59 Å². The van der Waals surface area contributed by atoms with Crippen LogP contribution in [-0.4, -0.2) is 49.7 Å². The number of guanidine groups is 1. The topological polar surface area (TPSA) is 135 Å². The van der Waals surface area contributed by atoms with Gasteiger partial charge >= 0.3 is 0 Å². The first kappa shape index (κ1) is 18.5. The van der Waals surface area contributed by atoms with Gasteiger partial charge in [0.1, 0.15) is 6.29 Å². The minimum atomic E-state index is -0.354. The molecular weight excluding hydrogens is 284 g/mol. The quantitative estimate of drug-likeness (QED) is 0.125. The van der Waals surface area contributed by atoms with Gasteiger partial charge in [0.15, 0.2) is 11.7 Å².